The van der Waals surface area contributed by atoms with E-state index in [9.17, 15) is 9.59 Å². The Morgan fingerprint density at radius 3 is 2.38 bits per heavy atom. The molecular formula is C17H18N4O3. The summed E-state index contributed by atoms with van der Waals surface area (Å²) in [5.41, 5.74) is 8.26. The molecule has 0 bridgehead atoms. The van der Waals surface area contributed by atoms with Crippen molar-refractivity contribution in [3.05, 3.63) is 54.1 Å². The first-order chi connectivity index (χ1) is 11.5. The molecule has 1 aliphatic rings. The van der Waals surface area contributed by atoms with Gasteiger partial charge in [0.15, 0.2) is 0 Å². The number of para-hydroxylation sites is 2. The molecule has 1 aliphatic heterocycles. The van der Waals surface area contributed by atoms with E-state index >= 15 is 0 Å². The van der Waals surface area contributed by atoms with Crippen LogP contribution in [0.5, 0.6) is 0 Å². The van der Waals surface area contributed by atoms with Crippen molar-refractivity contribution in [2.24, 2.45) is 0 Å². The number of likely N-dealkylation sites (tertiary alicyclic amines) is 1. The van der Waals surface area contributed by atoms with E-state index in [0.29, 0.717) is 30.0 Å². The molecule has 1 saturated heterocycles. The Bertz CT molecular complexity index is 755. The van der Waals surface area contributed by atoms with Gasteiger partial charge in [-0.05, 0) is 36.4 Å². The van der Waals surface area contributed by atoms with E-state index in [1.807, 2.05) is 0 Å². The molecule has 3 rings (SSSR count). The molecule has 0 unspecified atom stereocenters. The van der Waals surface area contributed by atoms with E-state index in [-0.39, 0.29) is 11.9 Å². The van der Waals surface area contributed by atoms with E-state index in [2.05, 4.69) is 10.6 Å². The monoisotopic (exact) mass is 326 g/mol. The van der Waals surface area contributed by atoms with Crippen molar-refractivity contribution in [1.29, 1.82) is 0 Å². The summed E-state index contributed by atoms with van der Waals surface area (Å²) in [5.74, 6) is -0.236. The van der Waals surface area contributed by atoms with E-state index in [4.69, 9.17) is 10.8 Å². The second kappa shape index (κ2) is 6.49. The predicted octanol–water partition coefficient (Wildman–Crippen LogP) is 2.30. The zero-order valence-electron chi connectivity index (χ0n) is 12.9. The Kier molecular flexibility index (Phi) is 4.24. The minimum Gasteiger partial charge on any atom is -0.465 e. The van der Waals surface area contributed by atoms with Crippen LogP contribution in [0.3, 0.4) is 0 Å². The van der Waals surface area contributed by atoms with Gasteiger partial charge in [0.25, 0.3) is 5.91 Å². The van der Waals surface area contributed by atoms with Crippen LogP contribution in [0.25, 0.3) is 0 Å². The van der Waals surface area contributed by atoms with E-state index in [1.165, 1.54) is 4.90 Å². The first-order valence-corrected chi connectivity index (χ1v) is 7.53. The zero-order chi connectivity index (χ0) is 17.1. The van der Waals surface area contributed by atoms with E-state index in [0.717, 1.165) is 5.69 Å². The Balaban J connectivity index is 1.57. The smallest absolute Gasteiger partial charge is 0.407 e. The highest BCUT2D eigenvalue weighted by Gasteiger charge is 2.30. The standard InChI is InChI=1S/C17H18N4O3/c18-14-3-1-2-4-15(14)20-16(22)11-5-7-12(8-6-11)19-13-9-21(10-13)17(23)24/h1-8,13,19H,9-10,18H2,(H,20,22)(H,23,24). The summed E-state index contributed by atoms with van der Waals surface area (Å²) < 4.78 is 0. The summed E-state index contributed by atoms with van der Waals surface area (Å²) in [6.07, 6.45) is -0.903. The molecule has 1 fully saturated rings. The molecule has 2 amide bonds. The lowest BCUT2D eigenvalue weighted by Crippen LogP contribution is -2.56. The highest BCUT2D eigenvalue weighted by Crippen LogP contribution is 2.19. The second-order valence-corrected chi connectivity index (χ2v) is 5.65. The molecule has 0 aliphatic carbocycles. The topological polar surface area (TPSA) is 108 Å². The predicted molar refractivity (Wildman–Crippen MR) is 92.3 cm³/mol. The molecule has 2 aromatic carbocycles. The van der Waals surface area contributed by atoms with Crippen molar-refractivity contribution in [2.45, 2.75) is 6.04 Å². The Morgan fingerprint density at radius 2 is 1.75 bits per heavy atom. The normalized spacial score (nSPS) is 13.9. The molecule has 0 radical (unpaired) electrons. The zero-order valence-corrected chi connectivity index (χ0v) is 12.9. The quantitative estimate of drug-likeness (QED) is 0.645. The van der Waals surface area contributed by atoms with Gasteiger partial charge in [-0.25, -0.2) is 4.79 Å². The molecule has 0 atom stereocenters. The van der Waals surface area contributed by atoms with Crippen LogP contribution in [0.1, 0.15) is 10.4 Å². The van der Waals surface area contributed by atoms with Gasteiger partial charge < -0.3 is 26.4 Å². The van der Waals surface area contributed by atoms with Gasteiger partial charge in [0.2, 0.25) is 0 Å². The number of nitrogens with zero attached hydrogens (tertiary/aromatic N) is 1. The van der Waals surface area contributed by atoms with Crippen molar-refractivity contribution in [2.75, 3.05) is 29.5 Å². The minimum atomic E-state index is -0.903. The van der Waals surface area contributed by atoms with Gasteiger partial charge in [0, 0.05) is 24.3 Å². The average molecular weight is 326 g/mol. The average Bonchev–Trinajstić information content (AvgIpc) is 2.53. The Morgan fingerprint density at radius 1 is 1.08 bits per heavy atom. The number of hydrogen-bond acceptors (Lipinski definition) is 4. The highest BCUT2D eigenvalue weighted by atomic mass is 16.4. The molecule has 5 N–H and O–H groups in total. The number of carboxylic acid groups (broad SMARTS) is 1. The van der Waals surface area contributed by atoms with Crippen LogP contribution in [0.2, 0.25) is 0 Å². The summed E-state index contributed by atoms with van der Waals surface area (Å²) in [6, 6.07) is 14.2. The maximum absolute atomic E-state index is 12.2. The maximum atomic E-state index is 12.2. The van der Waals surface area contributed by atoms with Gasteiger partial charge >= 0.3 is 6.09 Å². The molecule has 0 saturated carbocycles. The van der Waals surface area contributed by atoms with Crippen molar-refractivity contribution in [1.82, 2.24) is 4.90 Å². The fourth-order valence-corrected chi connectivity index (χ4v) is 2.48. The molecule has 0 aromatic heterocycles. The molecule has 7 nitrogen and oxygen atoms in total. The maximum Gasteiger partial charge on any atom is 0.407 e. The van der Waals surface area contributed by atoms with Gasteiger partial charge in [-0.2, -0.15) is 0 Å². The van der Waals surface area contributed by atoms with Crippen molar-refractivity contribution in [3.8, 4) is 0 Å². The summed E-state index contributed by atoms with van der Waals surface area (Å²) in [4.78, 5) is 24.3. The number of hydrogen-bond donors (Lipinski definition) is 4. The van der Waals surface area contributed by atoms with Crippen LogP contribution in [-0.4, -0.2) is 41.1 Å². The number of nitrogens with one attached hydrogen (secondary N) is 2. The molecule has 1 heterocycles. The lowest BCUT2D eigenvalue weighted by atomic mass is 10.1. The summed E-state index contributed by atoms with van der Waals surface area (Å²) in [6.45, 7) is 0.926. The number of nitrogens with two attached hydrogens (primary N) is 1. The third kappa shape index (κ3) is 3.40. The number of benzene rings is 2. The summed E-state index contributed by atoms with van der Waals surface area (Å²) in [7, 11) is 0. The molecule has 24 heavy (non-hydrogen) atoms. The molecule has 7 heteroatoms. The fourth-order valence-electron chi connectivity index (χ4n) is 2.48. The SMILES string of the molecule is Nc1ccccc1NC(=O)c1ccc(NC2CN(C(=O)O)C2)cc1. The largest absolute Gasteiger partial charge is 0.465 e. The first kappa shape index (κ1) is 15.7. The van der Waals surface area contributed by atoms with Crippen molar-refractivity contribution >= 4 is 29.1 Å². The minimum absolute atomic E-state index is 0.102. The first-order valence-electron chi connectivity index (χ1n) is 7.53. The number of nitrogen functional groups attached to an aromatic ring is 1. The Labute approximate surface area is 139 Å². The lowest BCUT2D eigenvalue weighted by Gasteiger charge is -2.37. The summed E-state index contributed by atoms with van der Waals surface area (Å²) >= 11 is 0. The van der Waals surface area contributed by atoms with E-state index in [1.54, 1.807) is 48.5 Å². The van der Waals surface area contributed by atoms with Crippen LogP contribution in [0.15, 0.2) is 48.5 Å². The Hall–Kier alpha value is -3.22. The van der Waals surface area contributed by atoms with Crippen LogP contribution in [0, 0.1) is 0 Å². The van der Waals surface area contributed by atoms with Gasteiger partial charge in [0.05, 0.1) is 17.4 Å². The number of rotatable bonds is 4. The second-order valence-electron chi connectivity index (χ2n) is 5.65. The number of amides is 2. The summed E-state index contributed by atoms with van der Waals surface area (Å²) in [5, 5.41) is 14.8. The van der Waals surface area contributed by atoms with Gasteiger partial charge in [0.1, 0.15) is 0 Å². The lowest BCUT2D eigenvalue weighted by molar-refractivity contribution is 0.102. The molecule has 124 valence electrons. The van der Waals surface area contributed by atoms with Crippen LogP contribution >= 0.6 is 0 Å². The van der Waals surface area contributed by atoms with Crippen LogP contribution in [0.4, 0.5) is 21.9 Å². The number of anilines is 3. The third-order valence-corrected chi connectivity index (χ3v) is 3.88. The fraction of sp³-hybridized carbons (Fsp3) is 0.176. The highest BCUT2D eigenvalue weighted by molar-refractivity contribution is 6.05. The van der Waals surface area contributed by atoms with Gasteiger partial charge in [-0.3, -0.25) is 4.79 Å². The van der Waals surface area contributed by atoms with Crippen LogP contribution in [-0.2, 0) is 0 Å². The molecular weight excluding hydrogens is 308 g/mol. The van der Waals surface area contributed by atoms with Crippen molar-refractivity contribution in [3.63, 3.8) is 0 Å². The van der Waals surface area contributed by atoms with Crippen LogP contribution < -0.4 is 16.4 Å². The van der Waals surface area contributed by atoms with Gasteiger partial charge in [-0.1, -0.05) is 12.1 Å². The van der Waals surface area contributed by atoms with E-state index < -0.39 is 6.09 Å². The number of carbonyl (C=O) groups excluding carboxylic acids is 1. The molecule has 0 spiro atoms. The molecule has 2 aromatic rings. The number of carbonyl (C=O) groups is 2. The van der Waals surface area contributed by atoms with Gasteiger partial charge in [-0.15, -0.1) is 0 Å². The third-order valence-electron chi connectivity index (χ3n) is 3.88. The van der Waals surface area contributed by atoms with Crippen molar-refractivity contribution < 1.29 is 14.7 Å².